The van der Waals surface area contributed by atoms with Gasteiger partial charge in [-0.25, -0.2) is 9.59 Å². The predicted molar refractivity (Wildman–Crippen MR) is 137 cm³/mol. The number of fused-ring (bicyclic) bond motifs is 3. The van der Waals surface area contributed by atoms with Gasteiger partial charge in [0.1, 0.15) is 12.2 Å². The van der Waals surface area contributed by atoms with Crippen LogP contribution in [0.15, 0.2) is 48.5 Å². The van der Waals surface area contributed by atoms with Gasteiger partial charge in [-0.1, -0.05) is 48.5 Å². The SMILES string of the molecule is CC(C)(C)OC(=O)N1CCC(C2CN(C(=O)OCC3c4ccccc4-c4ccccc43)CC2C(=O)O)C1. The summed E-state index contributed by atoms with van der Waals surface area (Å²) in [4.78, 5) is 40.9. The van der Waals surface area contributed by atoms with Gasteiger partial charge in [0.25, 0.3) is 0 Å². The van der Waals surface area contributed by atoms with Crippen LogP contribution < -0.4 is 0 Å². The summed E-state index contributed by atoms with van der Waals surface area (Å²) in [7, 11) is 0. The molecule has 0 spiro atoms. The van der Waals surface area contributed by atoms with E-state index < -0.39 is 23.6 Å². The number of amides is 2. The molecule has 1 N–H and O–H groups in total. The Bertz CT molecular complexity index is 1160. The van der Waals surface area contributed by atoms with Gasteiger partial charge in [0.05, 0.1) is 5.92 Å². The van der Waals surface area contributed by atoms with Crippen molar-refractivity contribution in [1.29, 1.82) is 0 Å². The normalized spacial score (nSPS) is 23.1. The molecule has 3 atom stereocenters. The van der Waals surface area contributed by atoms with Gasteiger partial charge >= 0.3 is 18.2 Å². The topological polar surface area (TPSA) is 96.4 Å². The first-order chi connectivity index (χ1) is 17.6. The van der Waals surface area contributed by atoms with E-state index in [1.165, 1.54) is 4.90 Å². The number of hydrogen-bond acceptors (Lipinski definition) is 5. The van der Waals surface area contributed by atoms with Gasteiger partial charge in [-0.15, -0.1) is 0 Å². The van der Waals surface area contributed by atoms with E-state index in [2.05, 4.69) is 24.3 Å². The molecule has 3 aliphatic rings. The number of rotatable bonds is 4. The van der Waals surface area contributed by atoms with Crippen LogP contribution in [-0.2, 0) is 14.3 Å². The zero-order valence-electron chi connectivity index (χ0n) is 21.6. The highest BCUT2D eigenvalue weighted by molar-refractivity contribution is 5.79. The standard InChI is InChI=1S/C29H34N2O6/c1-29(2,3)37-28(35)30-13-12-18(14-30)23-15-31(16-24(23)26(32)33)27(34)36-17-25-21-10-6-4-8-19(21)20-9-5-7-11-22(20)25/h4-11,18,23-25H,12-17H2,1-3H3,(H,32,33). The van der Waals surface area contributed by atoms with Crippen LogP contribution in [0.4, 0.5) is 9.59 Å². The maximum Gasteiger partial charge on any atom is 0.410 e. The average molecular weight is 507 g/mol. The quantitative estimate of drug-likeness (QED) is 0.638. The molecule has 5 rings (SSSR count). The van der Waals surface area contributed by atoms with Crippen molar-refractivity contribution in [3.8, 4) is 11.1 Å². The number of ether oxygens (including phenoxy) is 2. The lowest BCUT2D eigenvalue weighted by molar-refractivity contribution is -0.143. The molecule has 2 amide bonds. The minimum absolute atomic E-state index is 0.0139. The van der Waals surface area contributed by atoms with Crippen molar-refractivity contribution in [2.24, 2.45) is 17.8 Å². The third-order valence-electron chi connectivity index (χ3n) is 7.76. The summed E-state index contributed by atoms with van der Waals surface area (Å²) in [6.07, 6.45) is -0.183. The van der Waals surface area contributed by atoms with Crippen LogP contribution in [0, 0.1) is 17.8 Å². The lowest BCUT2D eigenvalue weighted by Gasteiger charge is -2.26. The first-order valence-corrected chi connectivity index (χ1v) is 12.9. The summed E-state index contributed by atoms with van der Waals surface area (Å²) in [5, 5.41) is 9.91. The summed E-state index contributed by atoms with van der Waals surface area (Å²) in [5.41, 5.74) is 3.98. The molecular weight excluding hydrogens is 472 g/mol. The van der Waals surface area contributed by atoms with Gasteiger partial charge in [0, 0.05) is 32.1 Å². The zero-order chi connectivity index (χ0) is 26.3. The van der Waals surface area contributed by atoms with Crippen molar-refractivity contribution < 1.29 is 29.0 Å². The van der Waals surface area contributed by atoms with Crippen LogP contribution in [-0.4, -0.2) is 71.4 Å². The number of benzene rings is 2. The first kappa shape index (κ1) is 25.1. The fourth-order valence-electron chi connectivity index (χ4n) is 6.03. The second-order valence-corrected chi connectivity index (χ2v) is 11.3. The number of likely N-dealkylation sites (tertiary alicyclic amines) is 2. The molecule has 2 heterocycles. The number of aliphatic carboxylic acids is 1. The first-order valence-electron chi connectivity index (χ1n) is 12.9. The molecule has 3 unspecified atom stereocenters. The Morgan fingerprint density at radius 3 is 2.11 bits per heavy atom. The van der Waals surface area contributed by atoms with Gasteiger partial charge in [0.15, 0.2) is 0 Å². The van der Waals surface area contributed by atoms with Crippen LogP contribution in [0.2, 0.25) is 0 Å². The fraction of sp³-hybridized carbons (Fsp3) is 0.483. The largest absolute Gasteiger partial charge is 0.481 e. The summed E-state index contributed by atoms with van der Waals surface area (Å²) in [6.45, 7) is 7.03. The highest BCUT2D eigenvalue weighted by Gasteiger charge is 2.46. The minimum atomic E-state index is -0.922. The van der Waals surface area contributed by atoms with E-state index >= 15 is 0 Å². The Kier molecular flexibility index (Phi) is 6.60. The second kappa shape index (κ2) is 9.72. The number of carboxylic acids is 1. The van der Waals surface area contributed by atoms with E-state index in [1.54, 1.807) is 4.90 Å². The number of nitrogens with zero attached hydrogens (tertiary/aromatic N) is 2. The van der Waals surface area contributed by atoms with E-state index in [0.29, 0.717) is 26.1 Å². The van der Waals surface area contributed by atoms with Crippen LogP contribution in [0.25, 0.3) is 11.1 Å². The van der Waals surface area contributed by atoms with Crippen LogP contribution in [0.5, 0.6) is 0 Å². The van der Waals surface area contributed by atoms with E-state index in [4.69, 9.17) is 9.47 Å². The molecular formula is C29H34N2O6. The van der Waals surface area contributed by atoms with Crippen molar-refractivity contribution in [2.75, 3.05) is 32.8 Å². The second-order valence-electron chi connectivity index (χ2n) is 11.3. The Morgan fingerprint density at radius 1 is 0.892 bits per heavy atom. The minimum Gasteiger partial charge on any atom is -0.481 e. The van der Waals surface area contributed by atoms with Crippen molar-refractivity contribution >= 4 is 18.2 Å². The van der Waals surface area contributed by atoms with Crippen LogP contribution >= 0.6 is 0 Å². The molecule has 0 saturated carbocycles. The Hall–Kier alpha value is -3.55. The molecule has 2 saturated heterocycles. The molecule has 196 valence electrons. The summed E-state index contributed by atoms with van der Waals surface area (Å²) >= 11 is 0. The number of carbonyl (C=O) groups is 3. The summed E-state index contributed by atoms with van der Waals surface area (Å²) in [5.74, 6) is -1.92. The molecule has 2 aromatic rings. The van der Waals surface area contributed by atoms with Crippen molar-refractivity contribution in [2.45, 2.75) is 38.7 Å². The fourth-order valence-corrected chi connectivity index (χ4v) is 6.03. The number of hydrogen-bond donors (Lipinski definition) is 1. The molecule has 2 fully saturated rings. The molecule has 0 bridgehead atoms. The van der Waals surface area contributed by atoms with Crippen LogP contribution in [0.3, 0.4) is 0 Å². The maximum atomic E-state index is 13.1. The van der Waals surface area contributed by atoms with Gasteiger partial charge in [0.2, 0.25) is 0 Å². The third kappa shape index (κ3) is 5.02. The molecule has 2 aliphatic heterocycles. The monoisotopic (exact) mass is 506 g/mol. The number of carboxylic acid groups (broad SMARTS) is 1. The van der Waals surface area contributed by atoms with E-state index in [0.717, 1.165) is 22.3 Å². The maximum absolute atomic E-state index is 13.1. The zero-order valence-corrected chi connectivity index (χ0v) is 21.6. The highest BCUT2D eigenvalue weighted by atomic mass is 16.6. The molecule has 0 aromatic heterocycles. The van der Waals surface area contributed by atoms with E-state index in [9.17, 15) is 19.5 Å². The molecule has 0 radical (unpaired) electrons. The van der Waals surface area contributed by atoms with Crippen molar-refractivity contribution in [3.05, 3.63) is 59.7 Å². The molecule has 1 aliphatic carbocycles. The summed E-state index contributed by atoms with van der Waals surface area (Å²) in [6, 6.07) is 16.3. The smallest absolute Gasteiger partial charge is 0.410 e. The summed E-state index contributed by atoms with van der Waals surface area (Å²) < 4.78 is 11.3. The number of carbonyl (C=O) groups excluding carboxylic acids is 2. The van der Waals surface area contributed by atoms with Gasteiger partial charge in [-0.2, -0.15) is 0 Å². The van der Waals surface area contributed by atoms with E-state index in [-0.39, 0.29) is 37.0 Å². The Labute approximate surface area is 217 Å². The third-order valence-corrected chi connectivity index (χ3v) is 7.76. The van der Waals surface area contributed by atoms with Gasteiger partial charge in [-0.3, -0.25) is 4.79 Å². The molecule has 2 aromatic carbocycles. The van der Waals surface area contributed by atoms with Crippen molar-refractivity contribution in [1.82, 2.24) is 9.80 Å². The average Bonchev–Trinajstić information content (AvgIpc) is 3.57. The molecule has 37 heavy (non-hydrogen) atoms. The van der Waals surface area contributed by atoms with E-state index in [1.807, 2.05) is 45.0 Å². The van der Waals surface area contributed by atoms with Gasteiger partial charge < -0.3 is 24.4 Å². The van der Waals surface area contributed by atoms with Gasteiger partial charge in [-0.05, 0) is 61.3 Å². The molecule has 8 heteroatoms. The van der Waals surface area contributed by atoms with Crippen LogP contribution in [0.1, 0.15) is 44.2 Å². The molecule has 8 nitrogen and oxygen atoms in total. The van der Waals surface area contributed by atoms with Crippen molar-refractivity contribution in [3.63, 3.8) is 0 Å². The highest BCUT2D eigenvalue weighted by Crippen LogP contribution is 2.44. The Morgan fingerprint density at radius 2 is 1.51 bits per heavy atom. The Balaban J connectivity index is 1.23. The predicted octanol–water partition coefficient (Wildman–Crippen LogP) is 4.83. The lowest BCUT2D eigenvalue weighted by Crippen LogP contribution is -2.37. The lowest BCUT2D eigenvalue weighted by atomic mass is 9.83.